The van der Waals surface area contributed by atoms with E-state index in [2.05, 4.69) is 32.3 Å². The van der Waals surface area contributed by atoms with Gasteiger partial charge in [0.25, 0.3) is 23.1 Å². The van der Waals surface area contributed by atoms with Gasteiger partial charge in [0.1, 0.15) is 52.9 Å². The van der Waals surface area contributed by atoms with Gasteiger partial charge in [-0.2, -0.15) is 45.3 Å². The number of phosphoric ester groups is 1. The van der Waals surface area contributed by atoms with Crippen LogP contribution in [0.25, 0.3) is 22.0 Å². The smallest absolute Gasteiger partial charge is 0.404 e. The third kappa shape index (κ3) is 15.2. The fraction of sp³-hybridized carbons (Fsp3) is 0.396. The predicted molar refractivity (Wildman–Crippen MR) is 300 cm³/mol. The molecule has 486 valence electrons. The first-order valence-corrected chi connectivity index (χ1v) is 32.8. The SMILES string of the molecule is Cc1cc(C(=O)NCP(=O)(O)O)cc(OP(=O)(O)O)c1C(C)(C)CC(=O)N(Cc1nn(CC(F)(F)F)c2c(-c3ccc(C#CC(C)(C)S(C)(=O)=O)nc3[C@H](Cc3cc(F)cc(F)c3)NC(=O)Cn3nc(C(F)(F)F)c4c3C(F)(F)[C@@H]3C[C@H]43)ccc(Cl)c12)S(=O)O. The molecule has 2 aliphatic rings. The number of phosphoric acid groups is 1. The van der Waals surface area contributed by atoms with Crippen molar-refractivity contribution in [1.82, 2.24) is 39.5 Å². The summed E-state index contributed by atoms with van der Waals surface area (Å²) >= 11 is 3.36. The summed E-state index contributed by atoms with van der Waals surface area (Å²) in [5, 5.41) is 10.9. The second-order valence-corrected chi connectivity index (χ2v) is 29.1. The molecule has 1 fully saturated rings. The minimum absolute atomic E-state index is 0.0361. The number of fused-ring (bicyclic) bond motifs is 4. The minimum Gasteiger partial charge on any atom is -0.404 e. The largest absolute Gasteiger partial charge is 0.524 e. The van der Waals surface area contributed by atoms with Crippen LogP contribution in [-0.2, 0) is 83.4 Å². The number of amides is 3. The van der Waals surface area contributed by atoms with Crippen LogP contribution in [0.15, 0.2) is 54.6 Å². The lowest BCUT2D eigenvalue weighted by Gasteiger charge is -2.31. The summed E-state index contributed by atoms with van der Waals surface area (Å²) in [6.45, 7) is 1.76. The molecule has 3 aromatic carbocycles. The van der Waals surface area contributed by atoms with Gasteiger partial charge in [0.15, 0.2) is 15.5 Å². The van der Waals surface area contributed by atoms with Crippen LogP contribution in [0.5, 0.6) is 5.75 Å². The van der Waals surface area contributed by atoms with E-state index in [0.29, 0.717) is 10.7 Å². The molecule has 22 nitrogen and oxygen atoms in total. The Morgan fingerprint density at radius 2 is 1.58 bits per heavy atom. The van der Waals surface area contributed by atoms with Crippen LogP contribution in [0.2, 0.25) is 5.02 Å². The van der Waals surface area contributed by atoms with Crippen LogP contribution in [0, 0.1) is 36.3 Å². The predicted octanol–water partition coefficient (Wildman–Crippen LogP) is 8.77. The van der Waals surface area contributed by atoms with Crippen molar-refractivity contribution in [2.45, 2.75) is 114 Å². The number of pyridine rings is 1. The zero-order valence-electron chi connectivity index (χ0n) is 47.3. The molecular formula is C53H51ClF10N8O14P2S2. The summed E-state index contributed by atoms with van der Waals surface area (Å²) in [7, 11) is -14.3. The number of nitrogens with one attached hydrogen (secondary N) is 2. The molecule has 0 saturated heterocycles. The summed E-state index contributed by atoms with van der Waals surface area (Å²) in [5.74, 6) is -8.53. The molecule has 0 spiro atoms. The van der Waals surface area contributed by atoms with Crippen LogP contribution < -0.4 is 15.2 Å². The topological polar surface area (TPSA) is 323 Å². The lowest BCUT2D eigenvalue weighted by atomic mass is 9.78. The molecule has 90 heavy (non-hydrogen) atoms. The fourth-order valence-corrected chi connectivity index (χ4v) is 12.3. The van der Waals surface area contributed by atoms with Crippen LogP contribution in [0.4, 0.5) is 43.9 Å². The van der Waals surface area contributed by atoms with Gasteiger partial charge in [-0.05, 0) is 99.0 Å². The number of carbonyl (C=O) groups is 3. The molecule has 3 amide bonds. The van der Waals surface area contributed by atoms with Gasteiger partial charge < -0.3 is 24.9 Å². The van der Waals surface area contributed by atoms with Gasteiger partial charge in [-0.25, -0.2) is 35.3 Å². The number of alkyl halides is 8. The number of hydrogen-bond donors (Lipinski definition) is 7. The summed E-state index contributed by atoms with van der Waals surface area (Å²) in [6.07, 6.45) is -12.7. The molecule has 3 heterocycles. The average molecular weight is 1380 g/mol. The lowest BCUT2D eigenvalue weighted by Crippen LogP contribution is -2.37. The molecule has 37 heteroatoms. The van der Waals surface area contributed by atoms with Gasteiger partial charge in [-0.15, -0.1) is 0 Å². The number of carbonyl (C=O) groups excluding carboxylic acids is 3. The molecule has 2 aliphatic carbocycles. The maximum atomic E-state index is 15.7. The van der Waals surface area contributed by atoms with Crippen molar-refractivity contribution >= 4 is 76.7 Å². The van der Waals surface area contributed by atoms with Crippen LogP contribution in [0.3, 0.4) is 0 Å². The number of halogens is 11. The van der Waals surface area contributed by atoms with Crippen molar-refractivity contribution in [2.75, 3.05) is 12.5 Å². The molecule has 8 rings (SSSR count). The molecule has 1 unspecified atom stereocenters. The molecule has 0 aliphatic heterocycles. The van der Waals surface area contributed by atoms with E-state index in [1.54, 1.807) is 0 Å². The second kappa shape index (κ2) is 24.4. The van der Waals surface area contributed by atoms with E-state index in [1.165, 1.54) is 34.6 Å². The van der Waals surface area contributed by atoms with Gasteiger partial charge in [0.2, 0.25) is 11.8 Å². The molecule has 7 N–H and O–H groups in total. The summed E-state index contributed by atoms with van der Waals surface area (Å²) in [5.41, 5.74) is -9.17. The van der Waals surface area contributed by atoms with Crippen LogP contribution in [0.1, 0.15) is 114 Å². The van der Waals surface area contributed by atoms with Gasteiger partial charge in [-0.3, -0.25) is 42.7 Å². The molecule has 0 bridgehead atoms. The Morgan fingerprint density at radius 3 is 2.16 bits per heavy atom. The van der Waals surface area contributed by atoms with Crippen LogP contribution in [-0.4, -0.2) is 107 Å². The van der Waals surface area contributed by atoms with E-state index in [1.807, 2.05) is 5.32 Å². The zero-order chi connectivity index (χ0) is 67.1. The highest BCUT2D eigenvalue weighted by Gasteiger charge is 2.68. The van der Waals surface area contributed by atoms with Crippen molar-refractivity contribution in [1.29, 1.82) is 0 Å². The number of nitrogens with zero attached hydrogens (tertiary/aromatic N) is 6. The number of sulfone groups is 1. The molecule has 6 aromatic rings. The summed E-state index contributed by atoms with van der Waals surface area (Å²) in [4.78, 5) is 84.5. The first-order chi connectivity index (χ1) is 41.2. The normalized spacial score (nSPS) is 16.6. The standard InChI is InChI=1S/C53H51ClF10N8O14P2S2/c1-25-13-27(48(75)65-24-87(76,77)78)17-38(86-88(79,80)81)43(25)49(2,3)20-40(74)72(89(82)83)21-37-42-35(54)10-9-32(45(42)71(68-37)23-51(57,58)59)31-8-7-30(11-12-50(4,5)90(6,84)85)66-44(31)36(16-26-14-28(55)18-29(56)15-26)67-39(73)22-70-47-41(46(69-70)53(62,63)64)33-19-34(33)52(47,60)61/h7-10,13-15,17-18,33-34,36H,16,19-24H2,1-6H3,(H,65,75)(H,67,73)(H,82,83)(H2,76,77,78)(H2,79,80,81)/t33-,34+,36-/m0/s1. The van der Waals surface area contributed by atoms with Crippen molar-refractivity contribution < 1.29 is 109 Å². The molecule has 4 atom stereocenters. The lowest BCUT2D eigenvalue weighted by molar-refractivity contribution is -0.143. The maximum absolute atomic E-state index is 15.7. The van der Waals surface area contributed by atoms with E-state index in [0.717, 1.165) is 54.8 Å². The first-order valence-electron chi connectivity index (χ1n) is 26.1. The van der Waals surface area contributed by atoms with Crippen molar-refractivity contribution in [3.05, 3.63) is 128 Å². The molecular weight excluding hydrogens is 1320 g/mol. The van der Waals surface area contributed by atoms with E-state index in [4.69, 9.17) is 16.1 Å². The fourth-order valence-electron chi connectivity index (χ4n) is 10.6. The quantitative estimate of drug-likeness (QED) is 0.0162. The Bertz CT molecular complexity index is 4240. The number of aromatic nitrogens is 5. The summed E-state index contributed by atoms with van der Waals surface area (Å²) < 4.78 is 226. The van der Waals surface area contributed by atoms with Gasteiger partial charge in [0, 0.05) is 63.3 Å². The van der Waals surface area contributed by atoms with Gasteiger partial charge >= 0.3 is 27.8 Å². The number of benzene rings is 3. The number of aryl methyl sites for hydroxylation is 1. The Labute approximate surface area is 511 Å². The van der Waals surface area contributed by atoms with Gasteiger partial charge in [0.05, 0.1) is 34.5 Å². The van der Waals surface area contributed by atoms with Crippen molar-refractivity contribution in [3.63, 3.8) is 0 Å². The third-order valence-electron chi connectivity index (χ3n) is 14.7. The highest BCUT2D eigenvalue weighted by atomic mass is 35.5. The highest BCUT2D eigenvalue weighted by molar-refractivity contribution is 7.92. The molecule has 1 saturated carbocycles. The van der Waals surface area contributed by atoms with Crippen molar-refractivity contribution in [2.24, 2.45) is 5.92 Å². The summed E-state index contributed by atoms with van der Waals surface area (Å²) in [6, 6.07) is 6.47. The highest BCUT2D eigenvalue weighted by Crippen LogP contribution is 2.68. The maximum Gasteiger partial charge on any atom is 0.524 e. The minimum atomic E-state index is -5.53. The van der Waals surface area contributed by atoms with Crippen molar-refractivity contribution in [3.8, 4) is 28.7 Å². The second-order valence-electron chi connectivity index (χ2n) is 22.4. The van der Waals surface area contributed by atoms with E-state index in [-0.39, 0.29) is 48.9 Å². The number of rotatable bonds is 20. The van der Waals surface area contributed by atoms with E-state index >= 15 is 8.78 Å². The van der Waals surface area contributed by atoms with Crippen LogP contribution >= 0.6 is 27.0 Å². The van der Waals surface area contributed by atoms with E-state index < -0.39 is 207 Å². The zero-order valence-corrected chi connectivity index (χ0v) is 51.5. The third-order valence-corrected chi connectivity index (χ3v) is 18.6. The van der Waals surface area contributed by atoms with Gasteiger partial charge in [-0.1, -0.05) is 37.4 Å². The Hall–Kier alpha value is -6.79. The first kappa shape index (κ1) is 69.1. The Morgan fingerprint density at radius 1 is 0.944 bits per heavy atom. The monoisotopic (exact) mass is 1370 g/mol. The average Bonchev–Trinajstić information content (AvgIpc) is 1.52. The Balaban J connectivity index is 1.27. The Kier molecular flexibility index (Phi) is 18.7. The molecule has 0 radical (unpaired) electrons. The van der Waals surface area contributed by atoms with E-state index in [9.17, 15) is 95.4 Å². The molecule has 3 aromatic heterocycles. The number of hydrogen-bond acceptors (Lipinski definition) is 12.